The molecule has 0 saturated carbocycles. The van der Waals surface area contributed by atoms with Gasteiger partial charge in [0.25, 0.3) is 5.69 Å². The molecule has 9 heteroatoms. The summed E-state index contributed by atoms with van der Waals surface area (Å²) in [6.07, 6.45) is 1.86. The molecule has 0 unspecified atom stereocenters. The van der Waals surface area contributed by atoms with E-state index in [4.69, 9.17) is 5.73 Å². The van der Waals surface area contributed by atoms with Gasteiger partial charge in [-0.3, -0.25) is 10.1 Å². The lowest BCUT2D eigenvalue weighted by Crippen LogP contribution is -2.26. The number of nitrogen functional groups attached to an aromatic ring is 1. The topological polar surface area (TPSA) is 115 Å². The van der Waals surface area contributed by atoms with Crippen molar-refractivity contribution in [3.05, 3.63) is 28.3 Å². The second-order valence-electron chi connectivity index (χ2n) is 3.37. The van der Waals surface area contributed by atoms with Crippen LogP contribution in [0.3, 0.4) is 0 Å². The van der Waals surface area contributed by atoms with Gasteiger partial charge in [0.15, 0.2) is 0 Å². The Hall–Kier alpha value is -1.32. The zero-order valence-corrected chi connectivity index (χ0v) is 11.3. The van der Waals surface area contributed by atoms with Crippen LogP contribution in [0.25, 0.3) is 0 Å². The van der Waals surface area contributed by atoms with Crippen LogP contribution in [-0.4, -0.2) is 31.9 Å². The van der Waals surface area contributed by atoms with Crippen molar-refractivity contribution in [2.45, 2.75) is 4.90 Å². The van der Waals surface area contributed by atoms with Crippen molar-refractivity contribution in [3.8, 4) is 0 Å². The highest BCUT2D eigenvalue weighted by molar-refractivity contribution is 7.98. The number of nitro groups is 1. The molecule has 3 N–H and O–H groups in total. The molecular weight excluding hydrogens is 278 g/mol. The van der Waals surface area contributed by atoms with Crippen molar-refractivity contribution in [1.82, 2.24) is 4.72 Å². The fraction of sp³-hybridized carbons (Fsp3) is 0.333. The number of hydrogen-bond acceptors (Lipinski definition) is 6. The number of nitrogens with one attached hydrogen (secondary N) is 1. The summed E-state index contributed by atoms with van der Waals surface area (Å²) in [5.41, 5.74) is 4.96. The molecule has 0 amide bonds. The highest BCUT2D eigenvalue weighted by Crippen LogP contribution is 2.24. The first-order valence-corrected chi connectivity index (χ1v) is 7.78. The molecule has 0 fully saturated rings. The summed E-state index contributed by atoms with van der Waals surface area (Å²) < 4.78 is 26.0. The number of anilines is 1. The average Bonchev–Trinajstić information content (AvgIpc) is 2.28. The number of thioether (sulfide) groups is 1. The summed E-state index contributed by atoms with van der Waals surface area (Å²) in [4.78, 5) is 9.81. The predicted molar refractivity (Wildman–Crippen MR) is 71.1 cm³/mol. The van der Waals surface area contributed by atoms with E-state index in [9.17, 15) is 18.5 Å². The Kier molecular flexibility index (Phi) is 4.93. The molecule has 0 bridgehead atoms. The number of hydrogen-bond donors (Lipinski definition) is 2. The third kappa shape index (κ3) is 3.59. The highest BCUT2D eigenvalue weighted by Gasteiger charge is 2.18. The Morgan fingerprint density at radius 2 is 2.17 bits per heavy atom. The molecule has 0 spiro atoms. The average molecular weight is 291 g/mol. The third-order valence-electron chi connectivity index (χ3n) is 2.10. The molecule has 18 heavy (non-hydrogen) atoms. The molecule has 0 atom stereocenters. The van der Waals surface area contributed by atoms with Crippen molar-refractivity contribution < 1.29 is 13.3 Å². The van der Waals surface area contributed by atoms with Gasteiger partial charge in [0.1, 0.15) is 5.69 Å². The molecule has 1 aromatic rings. The first kappa shape index (κ1) is 14.7. The number of nitrogens with two attached hydrogens (primary N) is 1. The second kappa shape index (κ2) is 6.03. The Morgan fingerprint density at radius 1 is 1.50 bits per heavy atom. The Bertz CT molecular complexity index is 545. The Balaban J connectivity index is 2.97. The molecule has 1 aromatic carbocycles. The van der Waals surface area contributed by atoms with Gasteiger partial charge in [-0.25, -0.2) is 13.1 Å². The monoisotopic (exact) mass is 291 g/mol. The normalized spacial score (nSPS) is 11.4. The lowest BCUT2D eigenvalue weighted by atomic mass is 10.3. The van der Waals surface area contributed by atoms with E-state index in [1.54, 1.807) is 0 Å². The van der Waals surface area contributed by atoms with Crippen molar-refractivity contribution in [2.75, 3.05) is 24.3 Å². The SMILES string of the molecule is CSCCNS(=O)(=O)c1ccc([N+](=O)[O-])c(N)c1. The van der Waals surface area contributed by atoms with Gasteiger partial charge in [0, 0.05) is 18.4 Å². The molecule has 0 aromatic heterocycles. The van der Waals surface area contributed by atoms with Crippen molar-refractivity contribution in [3.63, 3.8) is 0 Å². The van der Waals surface area contributed by atoms with Gasteiger partial charge in [-0.15, -0.1) is 0 Å². The van der Waals surface area contributed by atoms with Crippen LogP contribution >= 0.6 is 11.8 Å². The molecule has 0 radical (unpaired) electrons. The minimum atomic E-state index is -3.66. The summed E-state index contributed by atoms with van der Waals surface area (Å²) in [5, 5.41) is 10.6. The number of nitro benzene ring substituents is 1. The second-order valence-corrected chi connectivity index (χ2v) is 6.12. The third-order valence-corrected chi connectivity index (χ3v) is 4.18. The van der Waals surface area contributed by atoms with E-state index in [1.165, 1.54) is 11.8 Å². The number of benzene rings is 1. The van der Waals surface area contributed by atoms with E-state index < -0.39 is 14.9 Å². The van der Waals surface area contributed by atoms with Crippen molar-refractivity contribution in [2.24, 2.45) is 0 Å². The summed E-state index contributed by atoms with van der Waals surface area (Å²) in [6, 6.07) is 3.33. The highest BCUT2D eigenvalue weighted by atomic mass is 32.2. The molecule has 0 aliphatic rings. The Labute approximate surface area is 109 Å². The molecule has 100 valence electrons. The van der Waals surface area contributed by atoms with Crippen molar-refractivity contribution >= 4 is 33.2 Å². The van der Waals surface area contributed by atoms with Gasteiger partial charge in [-0.05, 0) is 18.4 Å². The molecule has 7 nitrogen and oxygen atoms in total. The molecule has 0 aliphatic heterocycles. The predicted octanol–water partition coefficient (Wildman–Crippen LogP) is 0.818. The summed E-state index contributed by atoms with van der Waals surface area (Å²) in [6.45, 7) is 0.292. The van der Waals surface area contributed by atoms with E-state index >= 15 is 0 Å². The first-order chi connectivity index (χ1) is 8.38. The van der Waals surface area contributed by atoms with Crippen LogP contribution in [0.15, 0.2) is 23.1 Å². The fourth-order valence-corrected chi connectivity index (χ4v) is 2.73. The minimum absolute atomic E-state index is 0.0771. The summed E-state index contributed by atoms with van der Waals surface area (Å²) >= 11 is 1.51. The molecule has 0 aliphatic carbocycles. The maximum atomic E-state index is 11.8. The lowest BCUT2D eigenvalue weighted by molar-refractivity contribution is -0.383. The van der Waals surface area contributed by atoms with Gasteiger partial charge in [-0.2, -0.15) is 11.8 Å². The van der Waals surface area contributed by atoms with E-state index in [0.29, 0.717) is 12.3 Å². The van der Waals surface area contributed by atoms with Crippen LogP contribution in [0.2, 0.25) is 0 Å². The van der Waals surface area contributed by atoms with E-state index in [2.05, 4.69) is 4.72 Å². The quantitative estimate of drug-likeness (QED) is 0.347. The van der Waals surface area contributed by atoms with Gasteiger partial charge in [0.05, 0.1) is 9.82 Å². The number of nitrogens with zero attached hydrogens (tertiary/aromatic N) is 1. The minimum Gasteiger partial charge on any atom is -0.393 e. The fourth-order valence-electron chi connectivity index (χ4n) is 1.23. The van der Waals surface area contributed by atoms with E-state index in [-0.39, 0.29) is 16.3 Å². The largest absolute Gasteiger partial charge is 0.393 e. The van der Waals surface area contributed by atoms with Crippen LogP contribution < -0.4 is 10.5 Å². The van der Waals surface area contributed by atoms with Crippen LogP contribution in [0.1, 0.15) is 0 Å². The standard InChI is InChI=1S/C9H13N3O4S2/c1-17-5-4-11-18(15,16)7-2-3-9(12(13)14)8(10)6-7/h2-3,6,11H,4-5,10H2,1H3. The lowest BCUT2D eigenvalue weighted by Gasteiger charge is -2.06. The molecule has 0 heterocycles. The summed E-state index contributed by atoms with van der Waals surface area (Å²) in [5.74, 6) is 0.641. The maximum Gasteiger partial charge on any atom is 0.292 e. The number of sulfonamides is 1. The molecule has 1 rings (SSSR count). The van der Waals surface area contributed by atoms with Crippen LogP contribution in [0.4, 0.5) is 11.4 Å². The smallest absolute Gasteiger partial charge is 0.292 e. The maximum absolute atomic E-state index is 11.8. The Morgan fingerprint density at radius 3 is 2.67 bits per heavy atom. The number of rotatable bonds is 6. The van der Waals surface area contributed by atoms with Crippen LogP contribution in [0, 0.1) is 10.1 Å². The van der Waals surface area contributed by atoms with E-state index in [0.717, 1.165) is 18.2 Å². The van der Waals surface area contributed by atoms with Gasteiger partial charge in [-0.1, -0.05) is 0 Å². The zero-order valence-electron chi connectivity index (χ0n) is 9.62. The molecular formula is C9H13N3O4S2. The van der Waals surface area contributed by atoms with Gasteiger partial charge < -0.3 is 5.73 Å². The van der Waals surface area contributed by atoms with Gasteiger partial charge >= 0.3 is 0 Å². The first-order valence-electron chi connectivity index (χ1n) is 4.91. The summed E-state index contributed by atoms with van der Waals surface area (Å²) in [7, 11) is -3.66. The molecule has 0 saturated heterocycles. The van der Waals surface area contributed by atoms with Crippen LogP contribution in [-0.2, 0) is 10.0 Å². The van der Waals surface area contributed by atoms with Gasteiger partial charge in [0.2, 0.25) is 10.0 Å². The van der Waals surface area contributed by atoms with Crippen LogP contribution in [0.5, 0.6) is 0 Å². The van der Waals surface area contributed by atoms with E-state index in [1.807, 2.05) is 6.26 Å². The zero-order chi connectivity index (χ0) is 13.8. The van der Waals surface area contributed by atoms with Crippen molar-refractivity contribution in [1.29, 1.82) is 0 Å².